The first-order valence-corrected chi connectivity index (χ1v) is 6.20. The lowest BCUT2D eigenvalue weighted by Crippen LogP contribution is -2.12. The van der Waals surface area contributed by atoms with Gasteiger partial charge in [0.25, 0.3) is 0 Å². The molecular weight excluding hydrogens is 256 g/mol. The smallest absolute Gasteiger partial charge is 0.338 e. The van der Waals surface area contributed by atoms with Crippen LogP contribution in [0.15, 0.2) is 36.7 Å². The number of aromatic nitrogens is 2. The van der Waals surface area contributed by atoms with Crippen LogP contribution >= 0.6 is 0 Å². The van der Waals surface area contributed by atoms with E-state index in [4.69, 9.17) is 9.84 Å². The lowest BCUT2D eigenvalue weighted by atomic mass is 9.86. The second kappa shape index (κ2) is 5.28. The average Bonchev–Trinajstić information content (AvgIpc) is 2.38. The fourth-order valence-electron chi connectivity index (χ4n) is 1.75. The molecule has 0 fully saturated rings. The van der Waals surface area contributed by atoms with Crippen LogP contribution in [0, 0.1) is 0 Å². The van der Waals surface area contributed by atoms with Gasteiger partial charge in [-0.1, -0.05) is 39.0 Å². The van der Waals surface area contributed by atoms with Crippen LogP contribution in [0.2, 0.25) is 0 Å². The van der Waals surface area contributed by atoms with E-state index in [0.717, 1.165) is 5.56 Å². The molecule has 2 aromatic rings. The number of hydrogen-bond acceptors (Lipinski definition) is 4. The Hall–Kier alpha value is -2.43. The molecule has 0 spiro atoms. The predicted octanol–water partition coefficient (Wildman–Crippen LogP) is 3.26. The molecular formula is C15H16N2O3. The Balaban J connectivity index is 2.28. The van der Waals surface area contributed by atoms with Crippen LogP contribution in [0.25, 0.3) is 0 Å². The molecule has 0 unspecified atom stereocenters. The Morgan fingerprint density at radius 3 is 2.30 bits per heavy atom. The summed E-state index contributed by atoms with van der Waals surface area (Å²) in [4.78, 5) is 18.5. The number of aromatic carboxylic acids is 1. The van der Waals surface area contributed by atoms with Gasteiger partial charge in [-0.15, -0.1) is 0 Å². The van der Waals surface area contributed by atoms with Crippen molar-refractivity contribution in [2.75, 3.05) is 0 Å². The number of carbonyl (C=O) groups is 1. The predicted molar refractivity (Wildman–Crippen MR) is 74.2 cm³/mol. The van der Waals surface area contributed by atoms with Crippen LogP contribution in [0.5, 0.6) is 11.8 Å². The summed E-state index contributed by atoms with van der Waals surface area (Å²) in [5.41, 5.74) is 0.991. The van der Waals surface area contributed by atoms with Crippen LogP contribution in [-0.2, 0) is 5.41 Å². The molecule has 0 aliphatic rings. The summed E-state index contributed by atoms with van der Waals surface area (Å²) < 4.78 is 5.66. The van der Waals surface area contributed by atoms with Crippen molar-refractivity contribution in [1.29, 1.82) is 0 Å². The van der Waals surface area contributed by atoms with Gasteiger partial charge < -0.3 is 9.84 Å². The summed E-state index contributed by atoms with van der Waals surface area (Å²) >= 11 is 0. The summed E-state index contributed by atoms with van der Waals surface area (Å²) in [5.74, 6) is -0.394. The van der Waals surface area contributed by atoms with Crippen molar-refractivity contribution >= 4 is 5.97 Å². The molecule has 1 aromatic carbocycles. The molecule has 0 aliphatic carbocycles. The molecule has 0 saturated carbocycles. The first-order valence-electron chi connectivity index (χ1n) is 6.20. The largest absolute Gasteiger partial charge is 0.478 e. The van der Waals surface area contributed by atoms with Crippen LogP contribution in [-0.4, -0.2) is 21.0 Å². The Morgan fingerprint density at radius 1 is 1.15 bits per heavy atom. The van der Waals surface area contributed by atoms with Crippen molar-refractivity contribution < 1.29 is 14.6 Å². The van der Waals surface area contributed by atoms with E-state index >= 15 is 0 Å². The highest BCUT2D eigenvalue weighted by Gasteiger charge is 2.19. The van der Waals surface area contributed by atoms with Crippen molar-refractivity contribution in [3.05, 3.63) is 47.8 Å². The van der Waals surface area contributed by atoms with E-state index in [9.17, 15) is 4.79 Å². The highest BCUT2D eigenvalue weighted by molar-refractivity contribution is 5.86. The van der Waals surface area contributed by atoms with Gasteiger partial charge in [0.15, 0.2) is 0 Å². The van der Waals surface area contributed by atoms with Gasteiger partial charge in [-0.3, -0.25) is 0 Å². The number of nitrogens with zero attached hydrogens (tertiary/aromatic N) is 2. The van der Waals surface area contributed by atoms with Crippen molar-refractivity contribution in [3.8, 4) is 11.8 Å². The second-order valence-electron chi connectivity index (χ2n) is 5.41. The quantitative estimate of drug-likeness (QED) is 0.928. The lowest BCUT2D eigenvalue weighted by Gasteiger charge is -2.21. The minimum atomic E-state index is -1.06. The topological polar surface area (TPSA) is 72.3 Å². The van der Waals surface area contributed by atoms with Gasteiger partial charge in [-0.25, -0.2) is 14.8 Å². The zero-order valence-corrected chi connectivity index (χ0v) is 11.6. The number of hydrogen-bond donors (Lipinski definition) is 1. The minimum Gasteiger partial charge on any atom is -0.478 e. The maximum absolute atomic E-state index is 10.7. The maximum Gasteiger partial charge on any atom is 0.338 e. The van der Waals surface area contributed by atoms with E-state index in [1.165, 1.54) is 12.4 Å². The maximum atomic E-state index is 10.7. The number of para-hydroxylation sites is 1. The number of benzene rings is 1. The fraction of sp³-hybridized carbons (Fsp3) is 0.267. The van der Waals surface area contributed by atoms with Crippen molar-refractivity contribution in [2.24, 2.45) is 0 Å². The molecule has 0 radical (unpaired) electrons. The molecule has 5 heteroatoms. The summed E-state index contributed by atoms with van der Waals surface area (Å²) in [5, 5.41) is 8.80. The molecule has 0 atom stereocenters. The summed E-state index contributed by atoms with van der Waals surface area (Å²) in [7, 11) is 0. The number of carboxylic acid groups (broad SMARTS) is 1. The van der Waals surface area contributed by atoms with Crippen molar-refractivity contribution in [2.45, 2.75) is 26.2 Å². The SMILES string of the molecule is CC(C)(C)c1ccccc1Oc1ncc(C(=O)O)cn1. The van der Waals surface area contributed by atoms with Crippen molar-refractivity contribution in [1.82, 2.24) is 9.97 Å². The second-order valence-corrected chi connectivity index (χ2v) is 5.41. The monoisotopic (exact) mass is 272 g/mol. The van der Waals surface area contributed by atoms with E-state index in [1.54, 1.807) is 0 Å². The molecule has 0 aliphatic heterocycles. The van der Waals surface area contributed by atoms with Crippen LogP contribution < -0.4 is 4.74 Å². The summed E-state index contributed by atoms with van der Waals surface area (Å²) in [6, 6.07) is 7.78. The first kappa shape index (κ1) is 14.0. The van der Waals surface area contributed by atoms with Gasteiger partial charge in [0.1, 0.15) is 5.75 Å². The molecule has 0 amide bonds. The highest BCUT2D eigenvalue weighted by Crippen LogP contribution is 2.32. The standard InChI is InChI=1S/C15H16N2O3/c1-15(2,3)11-6-4-5-7-12(11)20-14-16-8-10(9-17-14)13(18)19/h4-9H,1-3H3,(H,18,19). The van der Waals surface area contributed by atoms with Crippen LogP contribution in [0.1, 0.15) is 36.7 Å². The number of ether oxygens (including phenoxy) is 1. The summed E-state index contributed by atoms with van der Waals surface area (Å²) in [6.07, 6.45) is 2.45. The Morgan fingerprint density at radius 2 is 1.75 bits per heavy atom. The molecule has 1 aromatic heterocycles. The van der Waals surface area contributed by atoms with Gasteiger partial charge in [-0.2, -0.15) is 0 Å². The zero-order valence-electron chi connectivity index (χ0n) is 11.6. The molecule has 104 valence electrons. The average molecular weight is 272 g/mol. The van der Waals surface area contributed by atoms with Gasteiger partial charge in [0.05, 0.1) is 5.56 Å². The Kier molecular flexibility index (Phi) is 3.70. The molecule has 1 N–H and O–H groups in total. The Bertz CT molecular complexity index is 616. The molecule has 20 heavy (non-hydrogen) atoms. The molecule has 0 saturated heterocycles. The normalized spacial score (nSPS) is 11.2. The van der Waals surface area contributed by atoms with Gasteiger partial charge >= 0.3 is 12.0 Å². The van der Waals surface area contributed by atoms with Gasteiger partial charge in [0.2, 0.25) is 0 Å². The van der Waals surface area contributed by atoms with Crippen molar-refractivity contribution in [3.63, 3.8) is 0 Å². The van der Waals surface area contributed by atoms with Gasteiger partial charge in [-0.05, 0) is 11.5 Å². The van der Waals surface area contributed by atoms with E-state index in [0.29, 0.717) is 5.75 Å². The van der Waals surface area contributed by atoms with E-state index in [2.05, 4.69) is 30.7 Å². The fourth-order valence-corrected chi connectivity index (χ4v) is 1.75. The minimum absolute atomic E-state index is 0.0291. The molecule has 0 bridgehead atoms. The third-order valence-electron chi connectivity index (χ3n) is 2.77. The number of rotatable bonds is 3. The third kappa shape index (κ3) is 3.12. The lowest BCUT2D eigenvalue weighted by molar-refractivity contribution is 0.0696. The van der Waals surface area contributed by atoms with Gasteiger partial charge in [0, 0.05) is 18.0 Å². The highest BCUT2D eigenvalue weighted by atomic mass is 16.5. The molecule has 1 heterocycles. The Labute approximate surface area is 117 Å². The first-order chi connectivity index (χ1) is 9.38. The zero-order chi connectivity index (χ0) is 14.8. The third-order valence-corrected chi connectivity index (χ3v) is 2.77. The van der Waals surface area contributed by atoms with E-state index in [1.807, 2.05) is 24.3 Å². The summed E-state index contributed by atoms with van der Waals surface area (Å²) in [6.45, 7) is 6.26. The van der Waals surface area contributed by atoms with E-state index in [-0.39, 0.29) is 17.0 Å². The van der Waals surface area contributed by atoms with Crippen LogP contribution in [0.3, 0.4) is 0 Å². The van der Waals surface area contributed by atoms with Crippen LogP contribution in [0.4, 0.5) is 0 Å². The molecule has 5 nitrogen and oxygen atoms in total. The number of carboxylic acids is 1. The molecule has 2 rings (SSSR count). The van der Waals surface area contributed by atoms with E-state index < -0.39 is 5.97 Å².